The average molecular weight is 282 g/mol. The molecule has 0 spiro atoms. The Morgan fingerprint density at radius 3 is 2.53 bits per heavy atom. The fraction of sp³-hybridized carbons (Fsp3) is 0.571. The zero-order valence-corrected chi connectivity index (χ0v) is 12.5. The molecule has 1 saturated heterocycles. The third kappa shape index (κ3) is 3.55. The lowest BCUT2D eigenvalue weighted by Crippen LogP contribution is -2.48. The van der Waals surface area contributed by atoms with Crippen molar-refractivity contribution in [3.63, 3.8) is 0 Å². The van der Waals surface area contributed by atoms with Crippen molar-refractivity contribution in [1.29, 1.82) is 0 Å². The molecule has 1 aromatic rings. The maximum atomic E-state index is 12.3. The molecule has 0 radical (unpaired) electrons. The van der Waals surface area contributed by atoms with Gasteiger partial charge < -0.3 is 5.32 Å². The predicted octanol–water partition coefficient (Wildman–Crippen LogP) is 1.72. The Bertz CT molecular complexity index is 547. The number of aryl methyl sites for hydroxylation is 2. The van der Waals surface area contributed by atoms with Gasteiger partial charge in [-0.2, -0.15) is 0 Å². The van der Waals surface area contributed by atoms with Crippen LogP contribution < -0.4 is 10.0 Å². The highest BCUT2D eigenvalue weighted by atomic mass is 32.2. The summed E-state index contributed by atoms with van der Waals surface area (Å²) in [5.74, 6) is 0. The molecule has 0 bridgehead atoms. The summed E-state index contributed by atoms with van der Waals surface area (Å²) in [6.45, 7) is 6.73. The quantitative estimate of drug-likeness (QED) is 0.887. The van der Waals surface area contributed by atoms with Crippen LogP contribution >= 0.6 is 0 Å². The molecule has 1 aliphatic heterocycles. The molecule has 4 nitrogen and oxygen atoms in total. The van der Waals surface area contributed by atoms with Crippen LogP contribution in [0.3, 0.4) is 0 Å². The molecular formula is C14H22N2O2S. The number of hydrogen-bond donors (Lipinski definition) is 2. The molecule has 2 unspecified atom stereocenters. The lowest BCUT2D eigenvalue weighted by atomic mass is 10.0. The second-order valence-electron chi connectivity index (χ2n) is 5.45. The molecule has 1 aliphatic rings. The maximum absolute atomic E-state index is 12.3. The van der Waals surface area contributed by atoms with Gasteiger partial charge in [0.2, 0.25) is 10.0 Å². The van der Waals surface area contributed by atoms with Crippen LogP contribution in [0.25, 0.3) is 0 Å². The zero-order chi connectivity index (χ0) is 14.0. The van der Waals surface area contributed by atoms with Crippen molar-refractivity contribution < 1.29 is 8.42 Å². The highest BCUT2D eigenvalue weighted by molar-refractivity contribution is 7.89. The van der Waals surface area contributed by atoms with Gasteiger partial charge in [-0.3, -0.25) is 0 Å². The molecule has 0 amide bonds. The van der Waals surface area contributed by atoms with Crippen molar-refractivity contribution >= 4 is 10.0 Å². The summed E-state index contributed by atoms with van der Waals surface area (Å²) < 4.78 is 27.4. The highest BCUT2D eigenvalue weighted by Crippen LogP contribution is 2.16. The summed E-state index contributed by atoms with van der Waals surface area (Å²) in [6, 6.07) is 5.72. The summed E-state index contributed by atoms with van der Waals surface area (Å²) in [4.78, 5) is 0.356. The minimum absolute atomic E-state index is 0.0113. The van der Waals surface area contributed by atoms with E-state index >= 15 is 0 Å². The van der Waals surface area contributed by atoms with Gasteiger partial charge in [0, 0.05) is 18.6 Å². The van der Waals surface area contributed by atoms with E-state index < -0.39 is 10.0 Å². The van der Waals surface area contributed by atoms with Crippen LogP contribution in [0.15, 0.2) is 23.1 Å². The van der Waals surface area contributed by atoms with Gasteiger partial charge in [-0.15, -0.1) is 0 Å². The van der Waals surface area contributed by atoms with E-state index in [2.05, 4.69) is 17.0 Å². The number of benzene rings is 1. The number of nitrogens with one attached hydrogen (secondary N) is 2. The van der Waals surface area contributed by atoms with Crippen LogP contribution in [0.1, 0.15) is 30.9 Å². The molecule has 1 aromatic carbocycles. The van der Waals surface area contributed by atoms with E-state index in [1.807, 2.05) is 19.9 Å². The molecule has 2 rings (SSSR count). The third-order valence-corrected chi connectivity index (χ3v) is 5.29. The van der Waals surface area contributed by atoms with Crippen molar-refractivity contribution in [2.75, 3.05) is 6.54 Å². The first-order valence-electron chi connectivity index (χ1n) is 6.71. The van der Waals surface area contributed by atoms with E-state index in [4.69, 9.17) is 0 Å². The van der Waals surface area contributed by atoms with Crippen LogP contribution in [0, 0.1) is 13.8 Å². The molecule has 0 aliphatic carbocycles. The summed E-state index contributed by atoms with van der Waals surface area (Å²) in [6.07, 6.45) is 1.89. The molecule has 0 aromatic heterocycles. The minimum atomic E-state index is -3.41. The lowest BCUT2D eigenvalue weighted by Gasteiger charge is -2.28. The first-order valence-corrected chi connectivity index (χ1v) is 8.20. The van der Waals surface area contributed by atoms with Crippen molar-refractivity contribution in [1.82, 2.24) is 10.0 Å². The van der Waals surface area contributed by atoms with Crippen LogP contribution in [-0.4, -0.2) is 27.0 Å². The van der Waals surface area contributed by atoms with Crippen LogP contribution in [0.5, 0.6) is 0 Å². The van der Waals surface area contributed by atoms with Gasteiger partial charge in [0.15, 0.2) is 0 Å². The molecular weight excluding hydrogens is 260 g/mol. The standard InChI is InChI=1S/C14H22N2O2S/c1-10-4-7-14(8-11(10)2)19(17,18)16-13-6-5-12(3)15-9-13/h4,7-8,12-13,15-16H,5-6,9H2,1-3H3. The lowest BCUT2D eigenvalue weighted by molar-refractivity contribution is 0.366. The monoisotopic (exact) mass is 282 g/mol. The highest BCUT2D eigenvalue weighted by Gasteiger charge is 2.23. The Kier molecular flexibility index (Phi) is 4.28. The normalized spacial score (nSPS) is 24.4. The van der Waals surface area contributed by atoms with Crippen molar-refractivity contribution in [2.24, 2.45) is 0 Å². The van der Waals surface area contributed by atoms with Gasteiger partial charge in [-0.25, -0.2) is 13.1 Å². The van der Waals surface area contributed by atoms with Gasteiger partial charge in [0.25, 0.3) is 0 Å². The molecule has 106 valence electrons. The smallest absolute Gasteiger partial charge is 0.240 e. The Balaban J connectivity index is 2.11. The van der Waals surface area contributed by atoms with Crippen molar-refractivity contribution in [3.8, 4) is 0 Å². The van der Waals surface area contributed by atoms with Gasteiger partial charge in [0.1, 0.15) is 0 Å². The van der Waals surface area contributed by atoms with E-state index in [1.54, 1.807) is 12.1 Å². The largest absolute Gasteiger partial charge is 0.313 e. The molecule has 2 atom stereocenters. The molecule has 0 saturated carbocycles. The minimum Gasteiger partial charge on any atom is -0.313 e. The van der Waals surface area contributed by atoms with Crippen LogP contribution in [0.4, 0.5) is 0 Å². The van der Waals surface area contributed by atoms with Crippen LogP contribution in [0.2, 0.25) is 0 Å². The fourth-order valence-electron chi connectivity index (χ4n) is 2.27. The molecule has 1 heterocycles. The Morgan fingerprint density at radius 1 is 1.21 bits per heavy atom. The van der Waals surface area contributed by atoms with Gasteiger partial charge in [0.05, 0.1) is 4.90 Å². The van der Waals surface area contributed by atoms with Gasteiger partial charge in [-0.1, -0.05) is 6.07 Å². The van der Waals surface area contributed by atoms with E-state index in [-0.39, 0.29) is 6.04 Å². The third-order valence-electron chi connectivity index (χ3n) is 3.77. The first kappa shape index (κ1) is 14.5. The number of piperidine rings is 1. The fourth-order valence-corrected chi connectivity index (χ4v) is 3.62. The zero-order valence-electron chi connectivity index (χ0n) is 11.7. The first-order chi connectivity index (χ1) is 8.88. The van der Waals surface area contributed by atoms with E-state index in [1.165, 1.54) is 0 Å². The van der Waals surface area contributed by atoms with Crippen molar-refractivity contribution in [3.05, 3.63) is 29.3 Å². The maximum Gasteiger partial charge on any atom is 0.240 e. The van der Waals surface area contributed by atoms with Gasteiger partial charge in [-0.05, 0) is 56.9 Å². The molecule has 2 N–H and O–H groups in total. The molecule has 5 heteroatoms. The Hall–Kier alpha value is -0.910. The second kappa shape index (κ2) is 5.61. The molecule has 19 heavy (non-hydrogen) atoms. The SMILES string of the molecule is Cc1ccc(S(=O)(=O)NC2CCC(C)NC2)cc1C. The summed E-state index contributed by atoms with van der Waals surface area (Å²) in [5.41, 5.74) is 2.10. The second-order valence-corrected chi connectivity index (χ2v) is 7.16. The van der Waals surface area contributed by atoms with Gasteiger partial charge >= 0.3 is 0 Å². The van der Waals surface area contributed by atoms with E-state index in [9.17, 15) is 8.42 Å². The number of sulfonamides is 1. The van der Waals surface area contributed by atoms with E-state index in [0.29, 0.717) is 17.5 Å². The Morgan fingerprint density at radius 2 is 1.95 bits per heavy atom. The van der Waals surface area contributed by atoms with E-state index in [0.717, 1.165) is 24.0 Å². The Labute approximate surface area is 115 Å². The topological polar surface area (TPSA) is 58.2 Å². The number of hydrogen-bond acceptors (Lipinski definition) is 3. The molecule has 1 fully saturated rings. The predicted molar refractivity (Wildman–Crippen MR) is 76.7 cm³/mol. The number of rotatable bonds is 3. The van der Waals surface area contributed by atoms with Crippen molar-refractivity contribution in [2.45, 2.75) is 50.6 Å². The summed E-state index contributed by atoms with van der Waals surface area (Å²) >= 11 is 0. The van der Waals surface area contributed by atoms with Crippen LogP contribution in [-0.2, 0) is 10.0 Å². The summed E-state index contributed by atoms with van der Waals surface area (Å²) in [5, 5.41) is 3.30. The average Bonchev–Trinajstić information content (AvgIpc) is 2.35. The summed E-state index contributed by atoms with van der Waals surface area (Å²) in [7, 11) is -3.41.